The topological polar surface area (TPSA) is 21.5 Å². The molecular formula is C24H25NO2. The van der Waals surface area contributed by atoms with Crippen molar-refractivity contribution in [1.82, 2.24) is 4.90 Å². The molecular weight excluding hydrogens is 334 g/mol. The zero-order valence-corrected chi connectivity index (χ0v) is 15.6. The molecule has 3 nitrogen and oxygen atoms in total. The molecule has 1 unspecified atom stereocenters. The predicted octanol–water partition coefficient (Wildman–Crippen LogP) is 5.01. The van der Waals surface area contributed by atoms with E-state index in [-0.39, 0.29) is 6.04 Å². The third-order valence-electron chi connectivity index (χ3n) is 5.12. The molecule has 3 aromatic carbocycles. The Hall–Kier alpha value is -2.62. The van der Waals surface area contributed by atoms with Crippen LogP contribution in [0.1, 0.15) is 28.8 Å². The molecule has 3 aromatic rings. The van der Waals surface area contributed by atoms with Crippen molar-refractivity contribution in [3.8, 4) is 5.75 Å². The Kier molecular flexibility index (Phi) is 5.52. The summed E-state index contributed by atoms with van der Waals surface area (Å²) in [4.78, 5) is 2.51. The minimum atomic E-state index is 0.273. The first-order valence-corrected chi connectivity index (χ1v) is 9.41. The number of hydrogen-bond acceptors (Lipinski definition) is 3. The molecule has 1 saturated heterocycles. The Morgan fingerprint density at radius 3 is 2.22 bits per heavy atom. The maximum Gasteiger partial charge on any atom is 0.118 e. The quantitative estimate of drug-likeness (QED) is 0.528. The van der Waals surface area contributed by atoms with Crippen LogP contribution < -0.4 is 4.74 Å². The van der Waals surface area contributed by atoms with Gasteiger partial charge in [-0.3, -0.25) is 4.90 Å². The lowest BCUT2D eigenvalue weighted by Gasteiger charge is -2.20. The summed E-state index contributed by atoms with van der Waals surface area (Å²) in [5.74, 6) is 0.871. The average Bonchev–Trinajstić information content (AvgIpc) is 3.53. The molecule has 0 radical (unpaired) electrons. The second-order valence-corrected chi connectivity index (χ2v) is 6.91. The van der Waals surface area contributed by atoms with Crippen LogP contribution in [0.3, 0.4) is 0 Å². The fraction of sp³-hybridized carbons (Fsp3) is 0.250. The van der Waals surface area contributed by atoms with Crippen molar-refractivity contribution in [3.05, 3.63) is 102 Å². The molecule has 3 heteroatoms. The third kappa shape index (κ3) is 4.38. The number of hydrogen-bond donors (Lipinski definition) is 0. The van der Waals surface area contributed by atoms with E-state index < -0.39 is 0 Å². The molecule has 138 valence electrons. The van der Waals surface area contributed by atoms with Crippen molar-refractivity contribution in [2.75, 3.05) is 20.3 Å². The van der Waals surface area contributed by atoms with Crippen molar-refractivity contribution in [1.29, 1.82) is 0 Å². The van der Waals surface area contributed by atoms with Gasteiger partial charge in [0.15, 0.2) is 0 Å². The molecule has 0 saturated carbocycles. The van der Waals surface area contributed by atoms with Crippen molar-refractivity contribution in [2.45, 2.75) is 18.7 Å². The normalized spacial score (nSPS) is 19.4. The zero-order valence-electron chi connectivity index (χ0n) is 15.6. The summed E-state index contributed by atoms with van der Waals surface area (Å²) in [5, 5.41) is 0. The summed E-state index contributed by atoms with van der Waals surface area (Å²) < 4.78 is 11.3. The first-order valence-electron chi connectivity index (χ1n) is 9.41. The molecule has 1 aliphatic heterocycles. The number of benzene rings is 3. The summed E-state index contributed by atoms with van der Waals surface area (Å²) in [6.45, 7) is 2.37. The molecule has 3 atom stereocenters. The molecule has 0 aliphatic carbocycles. The Labute approximate surface area is 161 Å². The number of methoxy groups -OCH3 is 1. The van der Waals surface area contributed by atoms with Gasteiger partial charge in [-0.2, -0.15) is 0 Å². The highest BCUT2D eigenvalue weighted by atomic mass is 16.5. The lowest BCUT2D eigenvalue weighted by Crippen LogP contribution is -2.17. The van der Waals surface area contributed by atoms with E-state index in [1.807, 2.05) is 12.1 Å². The van der Waals surface area contributed by atoms with Gasteiger partial charge < -0.3 is 9.47 Å². The van der Waals surface area contributed by atoms with Crippen LogP contribution in [0.15, 0.2) is 84.9 Å². The van der Waals surface area contributed by atoms with E-state index in [1.165, 1.54) is 11.1 Å². The lowest BCUT2D eigenvalue weighted by atomic mass is 10.1. The number of nitrogens with zero attached hydrogens (tertiary/aromatic N) is 1. The Morgan fingerprint density at radius 1 is 0.889 bits per heavy atom. The first-order chi connectivity index (χ1) is 13.3. The minimum Gasteiger partial charge on any atom is -0.497 e. The fourth-order valence-electron chi connectivity index (χ4n) is 3.54. The monoisotopic (exact) mass is 359 g/mol. The molecule has 0 N–H and O–H groups in total. The summed E-state index contributed by atoms with van der Waals surface area (Å²) in [6.07, 6.45) is 0. The van der Waals surface area contributed by atoms with Gasteiger partial charge in [-0.15, -0.1) is 0 Å². The van der Waals surface area contributed by atoms with Crippen molar-refractivity contribution in [3.63, 3.8) is 0 Å². The van der Waals surface area contributed by atoms with Gasteiger partial charge in [0.2, 0.25) is 0 Å². The SMILES string of the molecule is COc1ccc(COC[C@@H](c2ccccc2)N2C[C@@H]2c2ccccc2)cc1. The van der Waals surface area contributed by atoms with Crippen LogP contribution in [0.5, 0.6) is 5.75 Å². The maximum absolute atomic E-state index is 6.11. The predicted molar refractivity (Wildman–Crippen MR) is 108 cm³/mol. The number of rotatable bonds is 8. The zero-order chi connectivity index (χ0) is 18.5. The van der Waals surface area contributed by atoms with Gasteiger partial charge in [-0.05, 0) is 28.8 Å². The lowest BCUT2D eigenvalue weighted by molar-refractivity contribution is 0.0802. The van der Waals surface area contributed by atoms with Crippen molar-refractivity contribution in [2.24, 2.45) is 0 Å². The molecule has 0 bridgehead atoms. The molecule has 1 fully saturated rings. The van der Waals surface area contributed by atoms with Crippen LogP contribution in [0.4, 0.5) is 0 Å². The van der Waals surface area contributed by atoms with E-state index in [4.69, 9.17) is 9.47 Å². The van der Waals surface area contributed by atoms with Gasteiger partial charge in [0.1, 0.15) is 5.75 Å². The molecule has 4 rings (SSSR count). The largest absolute Gasteiger partial charge is 0.497 e. The summed E-state index contributed by atoms with van der Waals surface area (Å²) in [6, 6.07) is 30.2. The van der Waals surface area contributed by atoms with E-state index in [9.17, 15) is 0 Å². The number of ether oxygens (including phenoxy) is 2. The van der Waals surface area contributed by atoms with Gasteiger partial charge in [0, 0.05) is 12.6 Å². The summed E-state index contributed by atoms with van der Waals surface area (Å²) >= 11 is 0. The van der Waals surface area contributed by atoms with Gasteiger partial charge in [0.05, 0.1) is 26.4 Å². The van der Waals surface area contributed by atoms with Crippen LogP contribution in [-0.4, -0.2) is 25.2 Å². The summed E-state index contributed by atoms with van der Waals surface area (Å²) in [5.41, 5.74) is 3.85. The van der Waals surface area contributed by atoms with Crippen LogP contribution in [-0.2, 0) is 11.3 Å². The van der Waals surface area contributed by atoms with Crippen LogP contribution >= 0.6 is 0 Å². The van der Waals surface area contributed by atoms with E-state index in [1.54, 1.807) is 7.11 Å². The fourth-order valence-corrected chi connectivity index (χ4v) is 3.54. The molecule has 27 heavy (non-hydrogen) atoms. The standard InChI is InChI=1S/C24H25NO2/c1-26-22-14-12-19(13-15-22)17-27-18-24(21-10-6-3-7-11-21)25-16-23(25)20-8-4-2-5-9-20/h2-15,23-24H,16-18H2,1H3/t23-,24+,25?/m1/s1. The highest BCUT2D eigenvalue weighted by molar-refractivity contribution is 5.28. The highest BCUT2D eigenvalue weighted by Gasteiger charge is 2.41. The van der Waals surface area contributed by atoms with Crippen molar-refractivity contribution < 1.29 is 9.47 Å². The molecule has 0 amide bonds. The Bertz CT molecular complexity index is 833. The highest BCUT2D eigenvalue weighted by Crippen LogP contribution is 2.42. The first kappa shape index (κ1) is 17.8. The van der Waals surface area contributed by atoms with Crippen LogP contribution in [0.25, 0.3) is 0 Å². The minimum absolute atomic E-state index is 0.273. The van der Waals surface area contributed by atoms with Crippen LogP contribution in [0, 0.1) is 0 Å². The Balaban J connectivity index is 1.42. The van der Waals surface area contributed by atoms with E-state index in [0.717, 1.165) is 17.9 Å². The molecule has 0 aromatic heterocycles. The smallest absolute Gasteiger partial charge is 0.118 e. The van der Waals surface area contributed by atoms with E-state index in [2.05, 4.69) is 77.7 Å². The average molecular weight is 359 g/mol. The maximum atomic E-state index is 6.11. The van der Waals surface area contributed by atoms with Gasteiger partial charge in [-0.1, -0.05) is 72.8 Å². The van der Waals surface area contributed by atoms with Gasteiger partial charge >= 0.3 is 0 Å². The van der Waals surface area contributed by atoms with Gasteiger partial charge in [-0.25, -0.2) is 0 Å². The van der Waals surface area contributed by atoms with Crippen LogP contribution in [0.2, 0.25) is 0 Å². The third-order valence-corrected chi connectivity index (χ3v) is 5.12. The second kappa shape index (κ2) is 8.38. The molecule has 1 aliphatic rings. The second-order valence-electron chi connectivity index (χ2n) is 6.91. The Morgan fingerprint density at radius 2 is 1.56 bits per heavy atom. The van der Waals surface area contributed by atoms with E-state index in [0.29, 0.717) is 19.3 Å². The molecule has 0 spiro atoms. The summed E-state index contributed by atoms with van der Waals surface area (Å²) in [7, 11) is 1.68. The van der Waals surface area contributed by atoms with E-state index >= 15 is 0 Å². The van der Waals surface area contributed by atoms with Gasteiger partial charge in [0.25, 0.3) is 0 Å². The van der Waals surface area contributed by atoms with Crippen molar-refractivity contribution >= 4 is 0 Å². The molecule has 1 heterocycles.